The second-order valence-corrected chi connectivity index (χ2v) is 11.3. The Kier molecular flexibility index (Phi) is 30.6. The van der Waals surface area contributed by atoms with Crippen LogP contribution in [0, 0.1) is 0 Å². The lowest BCUT2D eigenvalue weighted by Crippen LogP contribution is -2.25. The summed E-state index contributed by atoms with van der Waals surface area (Å²) in [5.41, 5.74) is 0. The van der Waals surface area contributed by atoms with E-state index in [0.29, 0.717) is 12.8 Å². The maximum atomic E-state index is 11.9. The van der Waals surface area contributed by atoms with E-state index in [4.69, 9.17) is 9.47 Å². The van der Waals surface area contributed by atoms with Gasteiger partial charge in [-0.1, -0.05) is 115 Å². The van der Waals surface area contributed by atoms with Crippen LogP contribution in [-0.4, -0.2) is 36.4 Å². The molecule has 0 aliphatic rings. The second-order valence-electron chi connectivity index (χ2n) is 11.3. The largest absolute Gasteiger partial charge is 0.463 e. The van der Waals surface area contributed by atoms with Crippen LogP contribution in [0.15, 0.2) is 24.3 Å². The van der Waals surface area contributed by atoms with Crippen LogP contribution in [0.1, 0.15) is 168 Å². The van der Waals surface area contributed by atoms with Gasteiger partial charge in [0.25, 0.3) is 0 Å². The summed E-state index contributed by atoms with van der Waals surface area (Å²) < 4.78 is 10.3. The highest BCUT2D eigenvalue weighted by Gasteiger charge is 2.12. The topological polar surface area (TPSA) is 72.8 Å². The first-order valence-electron chi connectivity index (χ1n) is 16.9. The van der Waals surface area contributed by atoms with Crippen LogP contribution in [0.25, 0.3) is 0 Å². The third-order valence-corrected chi connectivity index (χ3v) is 7.16. The number of allylic oxidation sites excluding steroid dienone is 4. The fourth-order valence-electron chi connectivity index (χ4n) is 4.54. The first-order chi connectivity index (χ1) is 19.6. The molecule has 0 amide bonds. The van der Waals surface area contributed by atoms with Gasteiger partial charge in [0.1, 0.15) is 19.3 Å². The van der Waals surface area contributed by atoms with E-state index in [9.17, 15) is 14.7 Å². The van der Waals surface area contributed by atoms with E-state index in [1.165, 1.54) is 96.3 Å². The molecule has 0 radical (unpaired) electrons. The summed E-state index contributed by atoms with van der Waals surface area (Å²) in [6.07, 6.45) is 35.0. The van der Waals surface area contributed by atoms with Crippen LogP contribution >= 0.6 is 0 Å². The fourth-order valence-corrected chi connectivity index (χ4v) is 4.54. The van der Waals surface area contributed by atoms with Gasteiger partial charge < -0.3 is 14.6 Å². The van der Waals surface area contributed by atoms with Crippen molar-refractivity contribution in [2.24, 2.45) is 0 Å². The summed E-state index contributed by atoms with van der Waals surface area (Å²) in [5.74, 6) is -0.583. The minimum Gasteiger partial charge on any atom is -0.463 e. The Morgan fingerprint density at radius 3 is 1.20 bits per heavy atom. The summed E-state index contributed by atoms with van der Waals surface area (Å²) >= 11 is 0. The average molecular weight is 565 g/mol. The molecule has 40 heavy (non-hydrogen) atoms. The predicted molar refractivity (Wildman–Crippen MR) is 168 cm³/mol. The van der Waals surface area contributed by atoms with E-state index in [0.717, 1.165) is 44.9 Å². The normalized spacial score (nSPS) is 12.4. The van der Waals surface area contributed by atoms with Gasteiger partial charge >= 0.3 is 11.9 Å². The smallest absolute Gasteiger partial charge is 0.305 e. The molecule has 0 aliphatic heterocycles. The van der Waals surface area contributed by atoms with Crippen molar-refractivity contribution in [2.75, 3.05) is 13.2 Å². The predicted octanol–water partition coefficient (Wildman–Crippen LogP) is 9.95. The Balaban J connectivity index is 3.46. The maximum absolute atomic E-state index is 11.9. The standard InChI is InChI=1S/C35H64O5/c1-3-5-7-9-11-13-15-17-19-21-23-25-27-29-34(37)39-31-33(36)32-40-35(38)30-28-26-24-22-20-18-16-14-12-10-8-6-4-2/h11,13-14,16,33,36H,3-10,12,15,17-32H2,1-2H3/b13-11+,16-14+/t33-/m0/s1. The molecule has 0 aliphatic carbocycles. The molecule has 0 saturated carbocycles. The molecule has 0 spiro atoms. The van der Waals surface area contributed by atoms with E-state index in [-0.39, 0.29) is 25.2 Å². The SMILES string of the molecule is CCCCC/C=C/CCCCCCCCC(=O)OC[C@H](O)COC(=O)CCCCCCC/C=C/CCCCCC. The third-order valence-electron chi connectivity index (χ3n) is 7.16. The molecule has 5 nitrogen and oxygen atoms in total. The third kappa shape index (κ3) is 30.9. The highest BCUT2D eigenvalue weighted by molar-refractivity contribution is 5.69. The van der Waals surface area contributed by atoms with Gasteiger partial charge in [0.2, 0.25) is 0 Å². The molecule has 1 N–H and O–H groups in total. The number of ether oxygens (including phenoxy) is 2. The molecule has 0 bridgehead atoms. The van der Waals surface area contributed by atoms with Gasteiger partial charge in [-0.15, -0.1) is 0 Å². The first kappa shape index (κ1) is 38.4. The molecular formula is C35H64O5. The van der Waals surface area contributed by atoms with Crippen molar-refractivity contribution in [3.8, 4) is 0 Å². The number of carbonyl (C=O) groups is 2. The molecule has 1 atom stereocenters. The molecule has 0 rings (SSSR count). The van der Waals surface area contributed by atoms with E-state index in [1.807, 2.05) is 0 Å². The van der Waals surface area contributed by atoms with Crippen molar-refractivity contribution in [1.82, 2.24) is 0 Å². The van der Waals surface area contributed by atoms with E-state index < -0.39 is 6.10 Å². The Hall–Kier alpha value is -1.62. The molecule has 0 heterocycles. The first-order valence-corrected chi connectivity index (χ1v) is 16.9. The van der Waals surface area contributed by atoms with Crippen LogP contribution in [0.2, 0.25) is 0 Å². The molecular weight excluding hydrogens is 500 g/mol. The second kappa shape index (κ2) is 31.9. The number of carbonyl (C=O) groups excluding carboxylic acids is 2. The van der Waals surface area contributed by atoms with Crippen molar-refractivity contribution in [1.29, 1.82) is 0 Å². The summed E-state index contributed by atoms with van der Waals surface area (Å²) in [5, 5.41) is 9.95. The molecule has 0 unspecified atom stereocenters. The zero-order valence-corrected chi connectivity index (χ0v) is 26.4. The molecule has 0 aromatic heterocycles. The van der Waals surface area contributed by atoms with Crippen molar-refractivity contribution in [2.45, 2.75) is 174 Å². The minimum atomic E-state index is -0.965. The number of unbranched alkanes of at least 4 members (excludes halogenated alkanes) is 18. The lowest BCUT2D eigenvalue weighted by molar-refractivity contribution is -0.152. The molecule has 0 fully saturated rings. The van der Waals surface area contributed by atoms with Gasteiger partial charge in [-0.3, -0.25) is 9.59 Å². The van der Waals surface area contributed by atoms with Crippen molar-refractivity contribution in [3.63, 3.8) is 0 Å². The lowest BCUT2D eigenvalue weighted by Gasteiger charge is -2.12. The molecule has 234 valence electrons. The fraction of sp³-hybridized carbons (Fsp3) is 0.829. The van der Waals surface area contributed by atoms with E-state index >= 15 is 0 Å². The van der Waals surface area contributed by atoms with Crippen LogP contribution in [0.4, 0.5) is 0 Å². The number of hydrogen-bond acceptors (Lipinski definition) is 5. The summed E-state index contributed by atoms with van der Waals surface area (Å²) in [7, 11) is 0. The number of aliphatic hydroxyl groups excluding tert-OH is 1. The Morgan fingerprint density at radius 1 is 0.500 bits per heavy atom. The quantitative estimate of drug-likeness (QED) is 0.0534. The van der Waals surface area contributed by atoms with Crippen LogP contribution in [0.5, 0.6) is 0 Å². The highest BCUT2D eigenvalue weighted by atomic mass is 16.6. The Labute approximate surface area is 247 Å². The van der Waals surface area contributed by atoms with Crippen molar-refractivity contribution in [3.05, 3.63) is 24.3 Å². The minimum absolute atomic E-state index is 0.120. The number of aliphatic hydroxyl groups is 1. The zero-order chi connectivity index (χ0) is 29.4. The van der Waals surface area contributed by atoms with Gasteiger partial charge in [0.15, 0.2) is 0 Å². The van der Waals surface area contributed by atoms with Crippen molar-refractivity contribution >= 4 is 11.9 Å². The molecule has 0 saturated heterocycles. The number of esters is 2. The lowest BCUT2D eigenvalue weighted by atomic mass is 10.1. The van der Waals surface area contributed by atoms with Gasteiger partial charge in [-0.2, -0.15) is 0 Å². The molecule has 0 aromatic rings. The maximum Gasteiger partial charge on any atom is 0.305 e. The number of rotatable bonds is 30. The number of hydrogen-bond donors (Lipinski definition) is 1. The monoisotopic (exact) mass is 564 g/mol. The summed E-state index contributed by atoms with van der Waals surface area (Å²) in [4.78, 5) is 23.8. The van der Waals surface area contributed by atoms with Crippen molar-refractivity contribution < 1.29 is 24.2 Å². The van der Waals surface area contributed by atoms with Crippen LogP contribution in [0.3, 0.4) is 0 Å². The van der Waals surface area contributed by atoms with Gasteiger partial charge in [-0.05, 0) is 64.2 Å². The van der Waals surface area contributed by atoms with Crippen LogP contribution in [-0.2, 0) is 19.1 Å². The molecule has 5 heteroatoms. The Morgan fingerprint density at radius 2 is 0.800 bits per heavy atom. The van der Waals surface area contributed by atoms with E-state index in [2.05, 4.69) is 38.2 Å². The molecule has 0 aromatic carbocycles. The summed E-state index contributed by atoms with van der Waals surface area (Å²) in [6.45, 7) is 4.24. The van der Waals surface area contributed by atoms with Gasteiger partial charge in [0.05, 0.1) is 0 Å². The Bertz CT molecular complexity index is 613. The van der Waals surface area contributed by atoms with Gasteiger partial charge in [0, 0.05) is 12.8 Å². The summed E-state index contributed by atoms with van der Waals surface area (Å²) in [6, 6.07) is 0. The average Bonchev–Trinajstić information content (AvgIpc) is 2.95. The van der Waals surface area contributed by atoms with E-state index in [1.54, 1.807) is 0 Å². The zero-order valence-electron chi connectivity index (χ0n) is 26.4. The highest BCUT2D eigenvalue weighted by Crippen LogP contribution is 2.11. The van der Waals surface area contributed by atoms with Gasteiger partial charge in [-0.25, -0.2) is 0 Å². The van der Waals surface area contributed by atoms with Crippen LogP contribution < -0.4 is 0 Å².